The van der Waals surface area contributed by atoms with Crippen molar-refractivity contribution in [3.8, 4) is 11.1 Å². The molecule has 0 unspecified atom stereocenters. The van der Waals surface area contributed by atoms with Crippen LogP contribution in [0.3, 0.4) is 0 Å². The van der Waals surface area contributed by atoms with E-state index in [1.807, 2.05) is 39.0 Å². The van der Waals surface area contributed by atoms with Crippen molar-refractivity contribution in [1.82, 2.24) is 4.98 Å². The fraction of sp³-hybridized carbons (Fsp3) is 0.211. The molecule has 0 radical (unpaired) electrons. The summed E-state index contributed by atoms with van der Waals surface area (Å²) in [6.07, 6.45) is 0. The van der Waals surface area contributed by atoms with Crippen LogP contribution in [-0.2, 0) is 0 Å². The van der Waals surface area contributed by atoms with Crippen LogP contribution in [-0.4, -0.2) is 4.98 Å². The third-order valence-electron chi connectivity index (χ3n) is 3.92. The van der Waals surface area contributed by atoms with E-state index in [2.05, 4.69) is 4.98 Å². The van der Waals surface area contributed by atoms with Crippen LogP contribution in [0, 0.1) is 12.7 Å². The number of aromatic nitrogens is 1. The molecule has 0 aliphatic heterocycles. The van der Waals surface area contributed by atoms with Gasteiger partial charge in [0.1, 0.15) is 5.82 Å². The Bertz CT molecular complexity index is 892. The van der Waals surface area contributed by atoms with E-state index in [4.69, 9.17) is 0 Å². The lowest BCUT2D eigenvalue weighted by atomic mass is 9.92. The molecule has 0 spiro atoms. The number of fused-ring (bicyclic) bond motifs is 1. The van der Waals surface area contributed by atoms with Gasteiger partial charge in [-0.25, -0.2) is 4.39 Å². The molecule has 2 nitrogen and oxygen atoms in total. The molecule has 1 aromatic heterocycles. The van der Waals surface area contributed by atoms with Gasteiger partial charge in [0.25, 0.3) is 5.56 Å². The fourth-order valence-corrected chi connectivity index (χ4v) is 2.82. The Balaban J connectivity index is 2.44. The van der Waals surface area contributed by atoms with Crippen LogP contribution in [0.2, 0.25) is 0 Å². The normalized spacial score (nSPS) is 11.3. The Morgan fingerprint density at radius 2 is 1.68 bits per heavy atom. The van der Waals surface area contributed by atoms with Crippen LogP contribution in [0.1, 0.15) is 31.0 Å². The Morgan fingerprint density at radius 3 is 2.32 bits per heavy atom. The summed E-state index contributed by atoms with van der Waals surface area (Å²) in [5, 5.41) is 1.58. The fourth-order valence-electron chi connectivity index (χ4n) is 2.82. The molecule has 0 amide bonds. The highest BCUT2D eigenvalue weighted by Gasteiger charge is 2.15. The molecular weight excluding hydrogens is 277 g/mol. The highest BCUT2D eigenvalue weighted by atomic mass is 19.1. The smallest absolute Gasteiger partial charge is 0.256 e. The molecule has 112 valence electrons. The van der Waals surface area contributed by atoms with Crippen molar-refractivity contribution < 1.29 is 4.39 Å². The predicted molar refractivity (Wildman–Crippen MR) is 88.8 cm³/mol. The van der Waals surface area contributed by atoms with Crippen molar-refractivity contribution in [2.45, 2.75) is 26.7 Å². The summed E-state index contributed by atoms with van der Waals surface area (Å²) in [5.41, 5.74) is 3.74. The molecule has 1 heterocycles. The van der Waals surface area contributed by atoms with E-state index in [0.29, 0.717) is 5.39 Å². The van der Waals surface area contributed by atoms with Gasteiger partial charge in [-0.3, -0.25) is 4.79 Å². The summed E-state index contributed by atoms with van der Waals surface area (Å²) in [5.74, 6) is -0.0992. The number of benzene rings is 2. The summed E-state index contributed by atoms with van der Waals surface area (Å²) in [6.45, 7) is 6.05. The zero-order valence-electron chi connectivity index (χ0n) is 12.9. The quantitative estimate of drug-likeness (QED) is 0.726. The highest BCUT2D eigenvalue weighted by molar-refractivity contribution is 5.97. The maximum atomic E-state index is 13.2. The van der Waals surface area contributed by atoms with Crippen molar-refractivity contribution >= 4 is 10.8 Å². The van der Waals surface area contributed by atoms with Gasteiger partial charge in [0.2, 0.25) is 0 Å². The number of rotatable bonds is 2. The van der Waals surface area contributed by atoms with E-state index in [0.717, 1.165) is 27.8 Å². The summed E-state index contributed by atoms with van der Waals surface area (Å²) in [7, 11) is 0. The molecule has 3 aromatic rings. The van der Waals surface area contributed by atoms with Gasteiger partial charge in [-0.1, -0.05) is 43.7 Å². The van der Waals surface area contributed by atoms with E-state index in [1.54, 1.807) is 12.1 Å². The van der Waals surface area contributed by atoms with Crippen molar-refractivity contribution in [1.29, 1.82) is 0 Å². The molecule has 22 heavy (non-hydrogen) atoms. The van der Waals surface area contributed by atoms with E-state index >= 15 is 0 Å². The minimum atomic E-state index is -0.264. The average molecular weight is 295 g/mol. The maximum Gasteiger partial charge on any atom is 0.256 e. The molecule has 3 rings (SSSR count). The predicted octanol–water partition coefficient (Wildman–Crippen LogP) is 4.77. The number of aryl methyl sites for hydroxylation is 1. The van der Waals surface area contributed by atoms with Crippen LogP contribution in [0.5, 0.6) is 0 Å². The van der Waals surface area contributed by atoms with Gasteiger partial charge < -0.3 is 4.98 Å². The molecule has 0 fully saturated rings. The van der Waals surface area contributed by atoms with Crippen molar-refractivity contribution in [3.63, 3.8) is 0 Å². The van der Waals surface area contributed by atoms with Crippen LogP contribution in [0.4, 0.5) is 4.39 Å². The zero-order valence-corrected chi connectivity index (χ0v) is 12.9. The maximum absolute atomic E-state index is 13.2. The number of H-pyrrole nitrogens is 1. The number of nitrogens with one attached hydrogen (secondary N) is 1. The molecule has 0 saturated heterocycles. The Kier molecular flexibility index (Phi) is 3.57. The molecule has 0 aliphatic carbocycles. The average Bonchev–Trinajstić information content (AvgIpc) is 2.48. The van der Waals surface area contributed by atoms with Gasteiger partial charge in [-0.05, 0) is 42.0 Å². The monoisotopic (exact) mass is 295 g/mol. The van der Waals surface area contributed by atoms with Gasteiger partial charge in [-0.15, -0.1) is 0 Å². The van der Waals surface area contributed by atoms with Crippen LogP contribution >= 0.6 is 0 Å². The number of hydrogen-bond acceptors (Lipinski definition) is 1. The molecule has 3 heteroatoms. The lowest BCUT2D eigenvalue weighted by Gasteiger charge is -2.16. The van der Waals surface area contributed by atoms with Crippen molar-refractivity contribution in [3.05, 3.63) is 69.9 Å². The molecule has 1 N–H and O–H groups in total. The van der Waals surface area contributed by atoms with Crippen LogP contribution < -0.4 is 5.56 Å². The van der Waals surface area contributed by atoms with Gasteiger partial charge in [0.05, 0.1) is 0 Å². The lowest BCUT2D eigenvalue weighted by molar-refractivity contribution is 0.628. The van der Waals surface area contributed by atoms with Crippen LogP contribution in [0.25, 0.3) is 21.9 Å². The minimum Gasteiger partial charge on any atom is -0.325 e. The highest BCUT2D eigenvalue weighted by Crippen LogP contribution is 2.33. The number of hydrogen-bond donors (Lipinski definition) is 1. The van der Waals surface area contributed by atoms with Gasteiger partial charge in [0, 0.05) is 16.6 Å². The Hall–Kier alpha value is -2.42. The second-order valence-corrected chi connectivity index (χ2v) is 5.95. The first-order valence-corrected chi connectivity index (χ1v) is 7.40. The lowest BCUT2D eigenvalue weighted by Crippen LogP contribution is -2.12. The molecule has 0 atom stereocenters. The number of halogens is 1. The van der Waals surface area contributed by atoms with Gasteiger partial charge >= 0.3 is 0 Å². The number of pyridine rings is 1. The van der Waals surface area contributed by atoms with Gasteiger partial charge in [-0.2, -0.15) is 0 Å². The minimum absolute atomic E-state index is 0.0757. The standard InChI is InChI=1S/C19H18FNO/c1-11(2)18-17(13-5-7-14(20)8-6-13)15-9-4-12(3)10-16(15)19(22)21-18/h4-11H,1-3H3,(H,21,22). The van der Waals surface area contributed by atoms with E-state index in [1.165, 1.54) is 12.1 Å². The Morgan fingerprint density at radius 1 is 1.00 bits per heavy atom. The topological polar surface area (TPSA) is 32.9 Å². The summed E-state index contributed by atoms with van der Waals surface area (Å²) in [6, 6.07) is 12.3. The number of aromatic amines is 1. The molecule has 0 aliphatic rings. The molecular formula is C19H18FNO. The molecule has 0 bridgehead atoms. The van der Waals surface area contributed by atoms with Crippen LogP contribution in [0.15, 0.2) is 47.3 Å². The first-order chi connectivity index (χ1) is 10.5. The second kappa shape index (κ2) is 5.41. The van der Waals surface area contributed by atoms with E-state index < -0.39 is 0 Å². The van der Waals surface area contributed by atoms with E-state index in [9.17, 15) is 9.18 Å². The largest absolute Gasteiger partial charge is 0.325 e. The van der Waals surface area contributed by atoms with Crippen molar-refractivity contribution in [2.24, 2.45) is 0 Å². The first kappa shape index (κ1) is 14.5. The summed E-state index contributed by atoms with van der Waals surface area (Å²) in [4.78, 5) is 15.4. The zero-order chi connectivity index (χ0) is 15.9. The van der Waals surface area contributed by atoms with E-state index in [-0.39, 0.29) is 17.3 Å². The summed E-state index contributed by atoms with van der Waals surface area (Å²) < 4.78 is 13.2. The second-order valence-electron chi connectivity index (χ2n) is 5.95. The van der Waals surface area contributed by atoms with Crippen molar-refractivity contribution in [2.75, 3.05) is 0 Å². The SMILES string of the molecule is Cc1ccc2c(-c3ccc(F)cc3)c(C(C)C)[nH]c(=O)c2c1. The van der Waals surface area contributed by atoms with Gasteiger partial charge in [0.15, 0.2) is 0 Å². The first-order valence-electron chi connectivity index (χ1n) is 7.40. The summed E-state index contributed by atoms with van der Waals surface area (Å²) >= 11 is 0. The molecule has 2 aromatic carbocycles. The Labute approximate surface area is 128 Å². The third-order valence-corrected chi connectivity index (χ3v) is 3.92. The third kappa shape index (κ3) is 2.43. The molecule has 0 saturated carbocycles.